The van der Waals surface area contributed by atoms with Crippen LogP contribution < -0.4 is 19.1 Å². The largest absolute Gasteiger partial charge is 0.497 e. The summed E-state index contributed by atoms with van der Waals surface area (Å²) < 4.78 is 40.7. The molecule has 3 aromatic carbocycles. The van der Waals surface area contributed by atoms with Gasteiger partial charge in [-0.15, -0.1) is 11.8 Å². The van der Waals surface area contributed by atoms with Gasteiger partial charge in [-0.2, -0.15) is 0 Å². The number of nitrogens with one attached hydrogen (secondary N) is 1. The quantitative estimate of drug-likeness (QED) is 0.224. The number of carbonyl (C=O) groups is 2. The Bertz CT molecular complexity index is 1520. The number of anilines is 1. The predicted octanol–water partition coefficient (Wildman–Crippen LogP) is 5.73. The number of ether oxygens (including phenoxy) is 2. The van der Waals surface area contributed by atoms with Crippen LogP contribution in [-0.4, -0.2) is 63.2 Å². The third-order valence-corrected chi connectivity index (χ3v) is 9.25. The summed E-state index contributed by atoms with van der Waals surface area (Å²) in [6.07, 6.45) is 2.22. The van der Waals surface area contributed by atoms with Gasteiger partial charge >= 0.3 is 0 Å². The van der Waals surface area contributed by atoms with Gasteiger partial charge in [0.2, 0.25) is 11.8 Å². The van der Waals surface area contributed by atoms with Crippen LogP contribution in [0.5, 0.6) is 11.5 Å². The maximum absolute atomic E-state index is 14.4. The highest BCUT2D eigenvalue weighted by Crippen LogP contribution is 2.33. The van der Waals surface area contributed by atoms with Crippen LogP contribution >= 0.6 is 11.8 Å². The molecule has 1 N–H and O–H groups in total. The van der Waals surface area contributed by atoms with Crippen molar-refractivity contribution in [1.82, 2.24) is 10.2 Å². The van der Waals surface area contributed by atoms with E-state index in [1.807, 2.05) is 40.0 Å². The summed E-state index contributed by atoms with van der Waals surface area (Å²) in [7, 11) is -2.68. The number of carbonyl (C=O) groups excluding carboxylic acids is 2. The molecule has 0 aliphatic carbocycles. The van der Waals surface area contributed by atoms with Gasteiger partial charge in [0.25, 0.3) is 10.0 Å². The minimum Gasteiger partial charge on any atom is -0.497 e. The first kappa shape index (κ1) is 34.8. The summed E-state index contributed by atoms with van der Waals surface area (Å²) in [5.74, 6) is 0.0574. The zero-order chi connectivity index (χ0) is 32.5. The molecule has 11 heteroatoms. The van der Waals surface area contributed by atoms with Gasteiger partial charge in [-0.05, 0) is 94.5 Å². The molecular formula is C33H43N3O6S2. The van der Waals surface area contributed by atoms with E-state index >= 15 is 0 Å². The molecule has 3 rings (SSSR count). The zero-order valence-corrected chi connectivity index (χ0v) is 28.1. The van der Waals surface area contributed by atoms with Crippen LogP contribution in [0.2, 0.25) is 0 Å². The van der Waals surface area contributed by atoms with E-state index in [0.29, 0.717) is 24.5 Å². The van der Waals surface area contributed by atoms with Crippen molar-refractivity contribution in [3.05, 3.63) is 78.4 Å². The highest BCUT2D eigenvalue weighted by molar-refractivity contribution is 7.98. The van der Waals surface area contributed by atoms with E-state index in [1.165, 1.54) is 28.8 Å². The molecule has 1 atom stereocenters. The van der Waals surface area contributed by atoms with Gasteiger partial charge in [0.15, 0.2) is 0 Å². The average Bonchev–Trinajstić information content (AvgIpc) is 2.99. The van der Waals surface area contributed by atoms with E-state index < -0.39 is 34.1 Å². The number of amides is 2. The summed E-state index contributed by atoms with van der Waals surface area (Å²) in [6.45, 7) is 9.04. The van der Waals surface area contributed by atoms with Crippen LogP contribution in [0.25, 0.3) is 0 Å². The van der Waals surface area contributed by atoms with E-state index in [9.17, 15) is 18.0 Å². The number of methoxy groups -OCH3 is 1. The third-order valence-electron chi connectivity index (χ3n) is 6.73. The number of benzene rings is 3. The van der Waals surface area contributed by atoms with Gasteiger partial charge in [-0.3, -0.25) is 13.9 Å². The molecule has 1 unspecified atom stereocenters. The van der Waals surface area contributed by atoms with Crippen molar-refractivity contribution in [2.75, 3.05) is 30.8 Å². The molecule has 0 aromatic heterocycles. The zero-order valence-electron chi connectivity index (χ0n) is 26.5. The highest BCUT2D eigenvalue weighted by Gasteiger charge is 2.35. The summed E-state index contributed by atoms with van der Waals surface area (Å²) in [5, 5.41) is 2.98. The second-order valence-electron chi connectivity index (χ2n) is 11.1. The minimum atomic E-state index is -4.24. The Morgan fingerprint density at radius 2 is 1.66 bits per heavy atom. The molecule has 0 radical (unpaired) electrons. The Morgan fingerprint density at radius 1 is 0.977 bits per heavy atom. The predicted molar refractivity (Wildman–Crippen MR) is 176 cm³/mol. The van der Waals surface area contributed by atoms with Crippen molar-refractivity contribution < 1.29 is 27.5 Å². The molecule has 44 heavy (non-hydrogen) atoms. The van der Waals surface area contributed by atoms with Crippen LogP contribution in [-0.2, 0) is 26.2 Å². The van der Waals surface area contributed by atoms with Crippen molar-refractivity contribution in [3.63, 3.8) is 0 Å². The number of nitrogens with zero attached hydrogens (tertiary/aromatic N) is 2. The van der Waals surface area contributed by atoms with Crippen LogP contribution in [0.15, 0.2) is 82.6 Å². The molecule has 0 fully saturated rings. The molecule has 238 valence electrons. The van der Waals surface area contributed by atoms with Crippen LogP contribution in [0.3, 0.4) is 0 Å². The molecule has 0 saturated carbocycles. The Hall–Kier alpha value is -3.70. The van der Waals surface area contributed by atoms with Crippen molar-refractivity contribution in [2.24, 2.45) is 0 Å². The molecule has 9 nitrogen and oxygen atoms in total. The monoisotopic (exact) mass is 641 g/mol. The van der Waals surface area contributed by atoms with Gasteiger partial charge < -0.3 is 19.7 Å². The van der Waals surface area contributed by atoms with E-state index in [0.717, 1.165) is 14.8 Å². The Kier molecular flexibility index (Phi) is 12.1. The van der Waals surface area contributed by atoms with Gasteiger partial charge in [-0.25, -0.2) is 8.42 Å². The van der Waals surface area contributed by atoms with E-state index in [1.54, 1.807) is 68.6 Å². The van der Waals surface area contributed by atoms with Gasteiger partial charge in [0.1, 0.15) is 24.1 Å². The van der Waals surface area contributed by atoms with Gasteiger partial charge in [-0.1, -0.05) is 31.2 Å². The average molecular weight is 642 g/mol. The van der Waals surface area contributed by atoms with E-state index in [4.69, 9.17) is 9.47 Å². The Morgan fingerprint density at radius 3 is 2.25 bits per heavy atom. The first-order valence-corrected chi connectivity index (χ1v) is 17.1. The van der Waals surface area contributed by atoms with Gasteiger partial charge in [0.05, 0.1) is 24.3 Å². The topological polar surface area (TPSA) is 105 Å². The van der Waals surface area contributed by atoms with Crippen LogP contribution in [0.4, 0.5) is 5.69 Å². The summed E-state index contributed by atoms with van der Waals surface area (Å²) in [6, 6.07) is 19.6. The number of thioether (sulfide) groups is 1. The van der Waals surface area contributed by atoms with E-state index in [-0.39, 0.29) is 23.0 Å². The maximum Gasteiger partial charge on any atom is 0.264 e. The lowest BCUT2D eigenvalue weighted by atomic mass is 10.1. The summed E-state index contributed by atoms with van der Waals surface area (Å²) >= 11 is 1.50. The number of para-hydroxylation sites is 2. The number of hydrogen-bond acceptors (Lipinski definition) is 7. The molecule has 0 aliphatic rings. The second-order valence-corrected chi connectivity index (χ2v) is 13.9. The van der Waals surface area contributed by atoms with Crippen molar-refractivity contribution in [1.29, 1.82) is 0 Å². The number of hydrogen-bond donors (Lipinski definition) is 1. The Balaban J connectivity index is 2.14. The first-order valence-electron chi connectivity index (χ1n) is 14.5. The minimum absolute atomic E-state index is 0.0336. The lowest BCUT2D eigenvalue weighted by Crippen LogP contribution is -2.55. The van der Waals surface area contributed by atoms with Crippen LogP contribution in [0.1, 0.15) is 46.6 Å². The summed E-state index contributed by atoms with van der Waals surface area (Å²) in [5.41, 5.74) is 0.422. The van der Waals surface area contributed by atoms with Crippen molar-refractivity contribution in [2.45, 2.75) is 69.0 Å². The molecule has 2 amide bonds. The van der Waals surface area contributed by atoms with Crippen molar-refractivity contribution >= 4 is 39.3 Å². The van der Waals surface area contributed by atoms with E-state index in [2.05, 4.69) is 5.32 Å². The van der Waals surface area contributed by atoms with Crippen LogP contribution in [0, 0.1) is 0 Å². The molecule has 0 heterocycles. The van der Waals surface area contributed by atoms with Crippen molar-refractivity contribution in [3.8, 4) is 11.5 Å². The molecule has 3 aromatic rings. The molecule has 0 spiro atoms. The standard InChI is InChI=1S/C33H43N3O6S2/c1-8-28(32(38)34-33(3,4)5)35(22-24-13-12-14-25(21-24)41-6)31(37)23-36(29-15-10-11-16-30(29)42-9-2)44(39,40)27-19-17-26(43-7)18-20-27/h10-21,28H,8-9,22-23H2,1-7H3,(H,34,38). The SMILES string of the molecule is CCOc1ccccc1N(CC(=O)N(Cc1cccc(OC)c1)C(CC)C(=O)NC(C)(C)C)S(=O)(=O)c1ccc(SC)cc1. The number of rotatable bonds is 14. The molecule has 0 saturated heterocycles. The fourth-order valence-electron chi connectivity index (χ4n) is 4.67. The fourth-order valence-corrected chi connectivity index (χ4v) is 6.50. The molecular weight excluding hydrogens is 599 g/mol. The lowest BCUT2D eigenvalue weighted by molar-refractivity contribution is -0.141. The number of sulfonamides is 1. The van der Waals surface area contributed by atoms with Gasteiger partial charge in [0, 0.05) is 17.0 Å². The first-order chi connectivity index (χ1) is 20.8. The second kappa shape index (κ2) is 15.3. The summed E-state index contributed by atoms with van der Waals surface area (Å²) in [4.78, 5) is 30.3. The maximum atomic E-state index is 14.4. The Labute approximate surface area is 266 Å². The third kappa shape index (κ3) is 8.92. The molecule has 0 aliphatic heterocycles. The molecule has 0 bridgehead atoms. The highest BCUT2D eigenvalue weighted by atomic mass is 32.2. The lowest BCUT2D eigenvalue weighted by Gasteiger charge is -2.35. The normalized spacial score (nSPS) is 12.2. The fraction of sp³-hybridized carbons (Fsp3) is 0.394. The smallest absolute Gasteiger partial charge is 0.264 e.